The number of hydrogen-bond donors (Lipinski definition) is 1. The van der Waals surface area contributed by atoms with Gasteiger partial charge in [-0.15, -0.1) is 0 Å². The van der Waals surface area contributed by atoms with Crippen molar-refractivity contribution in [2.45, 2.75) is 45.6 Å². The van der Waals surface area contributed by atoms with Crippen LogP contribution in [0.2, 0.25) is 0 Å². The fourth-order valence-electron chi connectivity index (χ4n) is 2.70. The molecule has 0 aliphatic carbocycles. The van der Waals surface area contributed by atoms with Crippen molar-refractivity contribution in [3.63, 3.8) is 0 Å². The first-order valence-corrected chi connectivity index (χ1v) is 7.07. The molecule has 0 aromatic carbocycles. The molecule has 1 aliphatic rings. The molecule has 18 heavy (non-hydrogen) atoms. The summed E-state index contributed by atoms with van der Waals surface area (Å²) in [6.45, 7) is 10.1. The molecule has 0 radical (unpaired) electrons. The van der Waals surface area contributed by atoms with Gasteiger partial charge in [0.15, 0.2) is 0 Å². The van der Waals surface area contributed by atoms with Gasteiger partial charge in [-0.1, -0.05) is 13.8 Å². The lowest BCUT2D eigenvalue weighted by atomic mass is 9.96. The Kier molecular flexibility index (Phi) is 6.09. The van der Waals surface area contributed by atoms with Gasteiger partial charge in [-0.2, -0.15) is 0 Å². The maximum Gasteiger partial charge on any atom is 0.327 e. The molecule has 1 saturated heterocycles. The van der Waals surface area contributed by atoms with Gasteiger partial charge in [-0.3, -0.25) is 4.79 Å². The number of rotatable bonds is 6. The van der Waals surface area contributed by atoms with Crippen molar-refractivity contribution in [2.24, 2.45) is 5.92 Å². The van der Waals surface area contributed by atoms with Crippen LogP contribution in [0.4, 0.5) is 0 Å². The zero-order chi connectivity index (χ0) is 13.6. The van der Waals surface area contributed by atoms with Crippen molar-refractivity contribution in [1.29, 1.82) is 0 Å². The number of carbonyl (C=O) groups is 1. The molecule has 0 aromatic heterocycles. The van der Waals surface area contributed by atoms with E-state index in [-0.39, 0.29) is 5.97 Å². The van der Waals surface area contributed by atoms with Crippen molar-refractivity contribution < 1.29 is 9.53 Å². The average molecular weight is 256 g/mol. The van der Waals surface area contributed by atoms with Crippen LogP contribution in [-0.2, 0) is 9.53 Å². The Hall–Kier alpha value is -0.610. The standard InChI is InChI=1S/C14H28N2O2/c1-5-8-15-14(3,13(17)18-4)11-16-9-6-7-12(2)10-16/h12,15H,5-11H2,1-4H3. The molecular formula is C14H28N2O2. The summed E-state index contributed by atoms with van der Waals surface area (Å²) >= 11 is 0. The van der Waals surface area contributed by atoms with Gasteiger partial charge in [0.25, 0.3) is 0 Å². The molecule has 106 valence electrons. The van der Waals surface area contributed by atoms with Crippen LogP contribution in [0.25, 0.3) is 0 Å². The van der Waals surface area contributed by atoms with E-state index in [9.17, 15) is 4.79 Å². The number of carbonyl (C=O) groups excluding carboxylic acids is 1. The number of hydrogen-bond acceptors (Lipinski definition) is 4. The Bertz CT molecular complexity index is 271. The fourth-order valence-corrected chi connectivity index (χ4v) is 2.70. The normalized spacial score (nSPS) is 24.6. The van der Waals surface area contributed by atoms with E-state index < -0.39 is 5.54 Å². The maximum atomic E-state index is 12.0. The van der Waals surface area contributed by atoms with Crippen molar-refractivity contribution in [1.82, 2.24) is 10.2 Å². The predicted octanol–water partition coefficient (Wildman–Crippen LogP) is 1.65. The van der Waals surface area contributed by atoms with Gasteiger partial charge in [0.2, 0.25) is 0 Å². The second-order valence-electron chi connectivity index (χ2n) is 5.73. The van der Waals surface area contributed by atoms with Crippen LogP contribution in [0.1, 0.15) is 40.0 Å². The lowest BCUT2D eigenvalue weighted by Gasteiger charge is -2.37. The van der Waals surface area contributed by atoms with E-state index in [0.717, 1.165) is 38.5 Å². The number of esters is 1. The summed E-state index contributed by atoms with van der Waals surface area (Å²) in [6.07, 6.45) is 3.54. The van der Waals surface area contributed by atoms with E-state index in [4.69, 9.17) is 4.74 Å². The highest BCUT2D eigenvalue weighted by molar-refractivity contribution is 5.80. The first kappa shape index (κ1) is 15.4. The lowest BCUT2D eigenvalue weighted by molar-refractivity contribution is -0.149. The summed E-state index contributed by atoms with van der Waals surface area (Å²) in [6, 6.07) is 0. The largest absolute Gasteiger partial charge is 0.468 e. The second kappa shape index (κ2) is 7.10. The molecule has 0 aromatic rings. The number of nitrogens with zero attached hydrogens (tertiary/aromatic N) is 1. The molecule has 2 unspecified atom stereocenters. The number of nitrogens with one attached hydrogen (secondary N) is 1. The molecule has 0 bridgehead atoms. The van der Waals surface area contributed by atoms with E-state index in [1.54, 1.807) is 0 Å². The highest BCUT2D eigenvalue weighted by Gasteiger charge is 2.36. The van der Waals surface area contributed by atoms with Gasteiger partial charge in [0, 0.05) is 13.1 Å². The number of ether oxygens (including phenoxy) is 1. The molecule has 0 amide bonds. The summed E-state index contributed by atoms with van der Waals surface area (Å²) in [4.78, 5) is 14.4. The van der Waals surface area contributed by atoms with Crippen LogP contribution in [0, 0.1) is 5.92 Å². The highest BCUT2D eigenvalue weighted by atomic mass is 16.5. The molecule has 1 fully saturated rings. The molecule has 1 rings (SSSR count). The first-order valence-electron chi connectivity index (χ1n) is 7.07. The van der Waals surface area contributed by atoms with Gasteiger partial charge >= 0.3 is 5.97 Å². The van der Waals surface area contributed by atoms with Crippen LogP contribution in [0.5, 0.6) is 0 Å². The maximum absolute atomic E-state index is 12.0. The van der Waals surface area contributed by atoms with E-state index in [1.807, 2.05) is 6.92 Å². The third kappa shape index (κ3) is 4.25. The minimum atomic E-state index is -0.582. The zero-order valence-electron chi connectivity index (χ0n) is 12.3. The summed E-state index contributed by atoms with van der Waals surface area (Å²) < 4.78 is 4.95. The zero-order valence-corrected chi connectivity index (χ0v) is 12.3. The summed E-state index contributed by atoms with van der Waals surface area (Å²) in [5, 5.41) is 3.34. The second-order valence-corrected chi connectivity index (χ2v) is 5.73. The van der Waals surface area contributed by atoms with Gasteiger partial charge in [0.05, 0.1) is 7.11 Å². The Labute approximate surface area is 111 Å². The van der Waals surface area contributed by atoms with Crippen molar-refractivity contribution in [3.8, 4) is 0 Å². The monoisotopic (exact) mass is 256 g/mol. The third-order valence-electron chi connectivity index (χ3n) is 3.68. The molecule has 1 N–H and O–H groups in total. The van der Waals surface area contributed by atoms with Crippen molar-refractivity contribution >= 4 is 5.97 Å². The van der Waals surface area contributed by atoms with E-state index >= 15 is 0 Å². The van der Waals surface area contributed by atoms with Gasteiger partial charge < -0.3 is 15.0 Å². The quantitative estimate of drug-likeness (QED) is 0.734. The molecule has 1 aliphatic heterocycles. The van der Waals surface area contributed by atoms with Crippen molar-refractivity contribution in [2.75, 3.05) is 33.3 Å². The lowest BCUT2D eigenvalue weighted by Crippen LogP contribution is -2.58. The van der Waals surface area contributed by atoms with Crippen molar-refractivity contribution in [3.05, 3.63) is 0 Å². The average Bonchev–Trinajstić information content (AvgIpc) is 2.35. The van der Waals surface area contributed by atoms with E-state index in [1.165, 1.54) is 20.0 Å². The number of piperidine rings is 1. The predicted molar refractivity (Wildman–Crippen MR) is 73.6 cm³/mol. The summed E-state index contributed by atoms with van der Waals surface area (Å²) in [5.41, 5.74) is -0.582. The topological polar surface area (TPSA) is 41.6 Å². The first-order chi connectivity index (χ1) is 8.51. The molecule has 4 nitrogen and oxygen atoms in total. The van der Waals surface area contributed by atoms with E-state index in [2.05, 4.69) is 24.1 Å². The Morgan fingerprint density at radius 1 is 1.56 bits per heavy atom. The SMILES string of the molecule is CCCNC(C)(CN1CCCC(C)C1)C(=O)OC. The minimum Gasteiger partial charge on any atom is -0.468 e. The molecule has 4 heteroatoms. The fraction of sp³-hybridized carbons (Fsp3) is 0.929. The third-order valence-corrected chi connectivity index (χ3v) is 3.68. The molecule has 0 spiro atoms. The van der Waals surface area contributed by atoms with Crippen LogP contribution < -0.4 is 5.32 Å². The summed E-state index contributed by atoms with van der Waals surface area (Å²) in [7, 11) is 1.47. The Morgan fingerprint density at radius 2 is 2.28 bits per heavy atom. The van der Waals surface area contributed by atoms with Gasteiger partial charge in [-0.25, -0.2) is 0 Å². The smallest absolute Gasteiger partial charge is 0.327 e. The Morgan fingerprint density at radius 3 is 2.83 bits per heavy atom. The van der Waals surface area contributed by atoms with Crippen LogP contribution >= 0.6 is 0 Å². The number of likely N-dealkylation sites (tertiary alicyclic amines) is 1. The molecule has 2 atom stereocenters. The molecule has 1 heterocycles. The van der Waals surface area contributed by atoms with Gasteiger partial charge in [0.1, 0.15) is 5.54 Å². The molecule has 0 saturated carbocycles. The molecular weight excluding hydrogens is 228 g/mol. The van der Waals surface area contributed by atoms with Gasteiger partial charge in [-0.05, 0) is 45.2 Å². The highest BCUT2D eigenvalue weighted by Crippen LogP contribution is 2.18. The van der Waals surface area contributed by atoms with Crippen LogP contribution in [0.15, 0.2) is 0 Å². The number of methoxy groups -OCH3 is 1. The Balaban J connectivity index is 2.62. The van der Waals surface area contributed by atoms with Crippen LogP contribution in [0.3, 0.4) is 0 Å². The van der Waals surface area contributed by atoms with Crippen LogP contribution in [-0.4, -0.2) is 49.7 Å². The summed E-state index contributed by atoms with van der Waals surface area (Å²) in [5.74, 6) is 0.570. The van der Waals surface area contributed by atoms with E-state index in [0.29, 0.717) is 0 Å². The minimum absolute atomic E-state index is 0.158.